The van der Waals surface area contributed by atoms with E-state index in [0.29, 0.717) is 39.0 Å². The molecule has 0 aromatic rings. The van der Waals surface area contributed by atoms with Gasteiger partial charge >= 0.3 is 5.97 Å². The summed E-state index contributed by atoms with van der Waals surface area (Å²) in [6, 6.07) is -0.838. The van der Waals surface area contributed by atoms with E-state index in [0.717, 1.165) is 0 Å². The number of rotatable bonds is 4. The van der Waals surface area contributed by atoms with Crippen LogP contribution in [0, 0.1) is 0 Å². The maximum absolute atomic E-state index is 12.5. The molecule has 0 spiro atoms. The van der Waals surface area contributed by atoms with Crippen molar-refractivity contribution in [2.24, 2.45) is 0 Å². The van der Waals surface area contributed by atoms with Gasteiger partial charge in [-0.1, -0.05) is 0 Å². The van der Waals surface area contributed by atoms with Gasteiger partial charge in [-0.2, -0.15) is 17.0 Å². The number of nitrogens with one attached hydrogen (secondary N) is 1. The minimum Gasteiger partial charge on any atom is -0.480 e. The Morgan fingerprint density at radius 2 is 1.90 bits per heavy atom. The third-order valence-corrected chi connectivity index (χ3v) is 5.83. The lowest BCUT2D eigenvalue weighted by Gasteiger charge is -2.37. The molecule has 0 radical (unpaired) electrons. The maximum Gasteiger partial charge on any atom is 0.322 e. The van der Waals surface area contributed by atoms with Crippen LogP contribution in [0.5, 0.6) is 0 Å². The highest BCUT2D eigenvalue weighted by Gasteiger charge is 2.37. The molecule has 0 amide bonds. The van der Waals surface area contributed by atoms with Crippen molar-refractivity contribution in [1.29, 1.82) is 0 Å². The number of piperidine rings is 1. The molecule has 1 atom stereocenters. The van der Waals surface area contributed by atoms with Gasteiger partial charge in [-0.25, -0.2) is 0 Å². The smallest absolute Gasteiger partial charge is 0.322 e. The van der Waals surface area contributed by atoms with Crippen molar-refractivity contribution < 1.29 is 23.1 Å². The van der Waals surface area contributed by atoms with E-state index in [2.05, 4.69) is 5.32 Å². The van der Waals surface area contributed by atoms with Crippen LogP contribution < -0.4 is 5.32 Å². The summed E-state index contributed by atoms with van der Waals surface area (Å²) in [6.45, 7) is 1.47. The van der Waals surface area contributed by atoms with Crippen LogP contribution in [0.1, 0.15) is 12.8 Å². The number of carboxylic acids is 1. The first-order valence-electron chi connectivity index (χ1n) is 6.69. The van der Waals surface area contributed by atoms with Gasteiger partial charge in [0.25, 0.3) is 10.2 Å². The average molecular weight is 307 g/mol. The van der Waals surface area contributed by atoms with Gasteiger partial charge in [0, 0.05) is 39.8 Å². The number of piperazine rings is 1. The molecule has 8 nitrogen and oxygen atoms in total. The molecular formula is C11H21N3O5S. The number of hydrogen-bond donors (Lipinski definition) is 2. The summed E-state index contributed by atoms with van der Waals surface area (Å²) in [5.74, 6) is -1.03. The lowest BCUT2D eigenvalue weighted by atomic mass is 10.1. The minimum absolute atomic E-state index is 0.0259. The van der Waals surface area contributed by atoms with Gasteiger partial charge < -0.3 is 15.2 Å². The van der Waals surface area contributed by atoms with Crippen molar-refractivity contribution in [3.63, 3.8) is 0 Å². The largest absolute Gasteiger partial charge is 0.480 e. The normalized spacial score (nSPS) is 27.6. The number of nitrogens with zero attached hydrogens (tertiary/aromatic N) is 2. The van der Waals surface area contributed by atoms with E-state index < -0.39 is 22.2 Å². The Morgan fingerprint density at radius 3 is 2.45 bits per heavy atom. The molecule has 116 valence electrons. The molecule has 2 aliphatic rings. The maximum atomic E-state index is 12.5. The fourth-order valence-corrected chi connectivity index (χ4v) is 4.22. The second-order valence-corrected chi connectivity index (χ2v) is 6.97. The Balaban J connectivity index is 2.01. The zero-order valence-corrected chi connectivity index (χ0v) is 12.3. The van der Waals surface area contributed by atoms with Crippen molar-refractivity contribution in [2.75, 3.05) is 39.8 Å². The molecule has 2 aliphatic heterocycles. The summed E-state index contributed by atoms with van der Waals surface area (Å²) in [5.41, 5.74) is 0. The van der Waals surface area contributed by atoms with Crippen LogP contribution in [0.2, 0.25) is 0 Å². The number of carbonyl (C=O) groups is 1. The fraction of sp³-hybridized carbons (Fsp3) is 0.909. The number of carboxylic acid groups (broad SMARTS) is 1. The van der Waals surface area contributed by atoms with Gasteiger partial charge in [0.2, 0.25) is 0 Å². The Kier molecular flexibility index (Phi) is 4.97. The van der Waals surface area contributed by atoms with E-state index in [1.807, 2.05) is 0 Å². The minimum atomic E-state index is -3.58. The number of methoxy groups -OCH3 is 1. The number of hydrogen-bond acceptors (Lipinski definition) is 5. The first kappa shape index (κ1) is 15.6. The molecule has 0 aromatic heterocycles. The first-order valence-corrected chi connectivity index (χ1v) is 8.09. The molecule has 2 rings (SSSR count). The highest BCUT2D eigenvalue weighted by molar-refractivity contribution is 7.86. The van der Waals surface area contributed by atoms with Crippen molar-refractivity contribution in [1.82, 2.24) is 13.9 Å². The molecule has 9 heteroatoms. The lowest BCUT2D eigenvalue weighted by molar-refractivity contribution is -0.140. The van der Waals surface area contributed by atoms with Crippen LogP contribution in [0.4, 0.5) is 0 Å². The second-order valence-electron chi connectivity index (χ2n) is 5.04. The Morgan fingerprint density at radius 1 is 1.25 bits per heavy atom. The van der Waals surface area contributed by atoms with E-state index >= 15 is 0 Å². The van der Waals surface area contributed by atoms with Gasteiger partial charge in [-0.05, 0) is 12.8 Å². The SMILES string of the molecule is COC1CCN(S(=O)(=O)N2CCN[C@@H](C(=O)O)C2)CC1. The third-order valence-electron chi connectivity index (χ3n) is 3.82. The third kappa shape index (κ3) is 3.29. The molecular weight excluding hydrogens is 286 g/mol. The molecule has 2 saturated heterocycles. The van der Waals surface area contributed by atoms with Crippen LogP contribution >= 0.6 is 0 Å². The molecule has 2 heterocycles. The zero-order valence-electron chi connectivity index (χ0n) is 11.5. The van der Waals surface area contributed by atoms with E-state index in [9.17, 15) is 13.2 Å². The van der Waals surface area contributed by atoms with Gasteiger partial charge in [0.15, 0.2) is 0 Å². The second kappa shape index (κ2) is 6.35. The van der Waals surface area contributed by atoms with Crippen LogP contribution in [-0.2, 0) is 19.7 Å². The van der Waals surface area contributed by atoms with Gasteiger partial charge in [0.1, 0.15) is 6.04 Å². The van der Waals surface area contributed by atoms with Crippen LogP contribution in [-0.4, -0.2) is 80.1 Å². The Bertz CT molecular complexity index is 447. The summed E-state index contributed by atoms with van der Waals surface area (Å²) in [5, 5.41) is 11.8. The van der Waals surface area contributed by atoms with E-state index in [-0.39, 0.29) is 12.6 Å². The van der Waals surface area contributed by atoms with Crippen molar-refractivity contribution in [2.45, 2.75) is 25.0 Å². The predicted molar refractivity (Wildman–Crippen MR) is 71.5 cm³/mol. The van der Waals surface area contributed by atoms with Crippen molar-refractivity contribution in [3.05, 3.63) is 0 Å². The average Bonchev–Trinajstić information content (AvgIpc) is 2.47. The molecule has 20 heavy (non-hydrogen) atoms. The van der Waals surface area contributed by atoms with E-state index in [4.69, 9.17) is 9.84 Å². The summed E-state index contributed by atoms with van der Waals surface area (Å²) in [7, 11) is -1.95. The van der Waals surface area contributed by atoms with Gasteiger partial charge in [0.05, 0.1) is 6.10 Å². The number of aliphatic carboxylic acids is 1. The highest BCUT2D eigenvalue weighted by atomic mass is 32.2. The first-order chi connectivity index (χ1) is 9.45. The molecule has 0 bridgehead atoms. The predicted octanol–water partition coefficient (Wildman–Crippen LogP) is -1.30. The van der Waals surface area contributed by atoms with Crippen LogP contribution in [0.3, 0.4) is 0 Å². The van der Waals surface area contributed by atoms with Crippen molar-refractivity contribution >= 4 is 16.2 Å². The monoisotopic (exact) mass is 307 g/mol. The molecule has 0 aliphatic carbocycles. The molecule has 0 saturated carbocycles. The Labute approximate surface area is 118 Å². The van der Waals surface area contributed by atoms with Crippen LogP contribution in [0.15, 0.2) is 0 Å². The molecule has 0 unspecified atom stereocenters. The number of ether oxygens (including phenoxy) is 1. The zero-order chi connectivity index (χ0) is 14.8. The standard InChI is InChI=1S/C11H21N3O5S/c1-19-9-2-5-13(6-3-9)20(17,18)14-7-4-12-10(8-14)11(15)16/h9-10,12H,2-8H2,1H3,(H,15,16)/t10-/m1/s1. The lowest BCUT2D eigenvalue weighted by Crippen LogP contribution is -2.59. The highest BCUT2D eigenvalue weighted by Crippen LogP contribution is 2.19. The topological polar surface area (TPSA) is 99.2 Å². The van der Waals surface area contributed by atoms with Crippen molar-refractivity contribution in [3.8, 4) is 0 Å². The Hall–Kier alpha value is -0.740. The van der Waals surface area contributed by atoms with Gasteiger partial charge in [-0.15, -0.1) is 0 Å². The fourth-order valence-electron chi connectivity index (χ4n) is 2.56. The molecule has 2 fully saturated rings. The summed E-state index contributed by atoms with van der Waals surface area (Å²) in [4.78, 5) is 11.0. The summed E-state index contributed by atoms with van der Waals surface area (Å²) >= 11 is 0. The van der Waals surface area contributed by atoms with Crippen LogP contribution in [0.25, 0.3) is 0 Å². The molecule has 2 N–H and O–H groups in total. The molecule has 0 aromatic carbocycles. The summed E-state index contributed by atoms with van der Waals surface area (Å²) < 4.78 is 32.9. The quantitative estimate of drug-likeness (QED) is 0.670. The van der Waals surface area contributed by atoms with Gasteiger partial charge in [-0.3, -0.25) is 4.79 Å². The summed E-state index contributed by atoms with van der Waals surface area (Å²) in [6.07, 6.45) is 1.45. The van der Waals surface area contributed by atoms with E-state index in [1.165, 1.54) is 8.61 Å². The van der Waals surface area contributed by atoms with E-state index in [1.54, 1.807) is 7.11 Å².